The van der Waals surface area contributed by atoms with E-state index in [-0.39, 0.29) is 11.8 Å². The van der Waals surface area contributed by atoms with Crippen molar-refractivity contribution in [2.24, 2.45) is 0 Å². The van der Waals surface area contributed by atoms with E-state index >= 15 is 0 Å². The largest absolute Gasteiger partial charge is 0.545 e. The van der Waals surface area contributed by atoms with E-state index in [0.717, 1.165) is 12.8 Å². The maximum Gasteiger partial charge on any atom is 0.545 e. The summed E-state index contributed by atoms with van der Waals surface area (Å²) in [6.07, 6.45) is 1.41. The van der Waals surface area contributed by atoms with Gasteiger partial charge < -0.3 is 24.7 Å². The minimum Gasteiger partial charge on any atom is -0.437 e. The van der Waals surface area contributed by atoms with Crippen molar-refractivity contribution in [1.29, 1.82) is 0 Å². The highest BCUT2D eigenvalue weighted by molar-refractivity contribution is 14.1. The molecule has 0 aromatic rings. The molecule has 0 atom stereocenters. The average Bonchev–Trinajstić information content (AvgIpc) is 2.89. The van der Waals surface area contributed by atoms with E-state index in [1.807, 2.05) is 6.92 Å². The Hall–Kier alpha value is 0.888. The van der Waals surface area contributed by atoms with E-state index in [0.29, 0.717) is 6.54 Å². The number of nitrogens with zero attached hydrogens (tertiary/aromatic N) is 1. The number of amides is 2. The molecule has 0 unspecified atom stereocenters. The van der Waals surface area contributed by atoms with Gasteiger partial charge in [0.1, 0.15) is 0 Å². The molecule has 9 nitrogen and oxygen atoms in total. The lowest BCUT2D eigenvalue weighted by molar-refractivity contribution is -0.136. The van der Waals surface area contributed by atoms with Crippen LogP contribution in [0, 0.1) is 0 Å². The first-order valence-electron chi connectivity index (χ1n) is 13.9. The molecule has 17 heteroatoms. The molecule has 40 heavy (non-hydrogen) atoms. The number of rotatable bonds is 15. The van der Waals surface area contributed by atoms with E-state index in [1.54, 1.807) is 0 Å². The second-order valence-corrected chi connectivity index (χ2v) is 45.0. The molecule has 0 aromatic heterocycles. The summed E-state index contributed by atoms with van der Waals surface area (Å²) in [5.41, 5.74) is 0. The van der Waals surface area contributed by atoms with E-state index in [2.05, 4.69) is 120 Å². The molecule has 1 aliphatic rings. The quantitative estimate of drug-likeness (QED) is 0.0740. The summed E-state index contributed by atoms with van der Waals surface area (Å²) < 4.78 is 39.4. The molecule has 0 N–H and O–H groups in total. The maximum atomic E-state index is 10.9. The van der Waals surface area contributed by atoms with Gasteiger partial charge >= 0.3 is 32.0 Å². The van der Waals surface area contributed by atoms with Crippen molar-refractivity contribution in [3.63, 3.8) is 0 Å². The lowest BCUT2D eigenvalue weighted by Crippen LogP contribution is -2.63. The van der Waals surface area contributed by atoms with Gasteiger partial charge in [-0.2, -0.15) is 0 Å². The molecule has 1 rings (SSSR count). The summed E-state index contributed by atoms with van der Waals surface area (Å²) in [6.45, 7) is 34.7. The molecule has 0 aliphatic carbocycles. The Balaban J connectivity index is 0.00000114. The molecule has 0 saturated heterocycles. The minimum absolute atomic E-state index is 0.177. The maximum absolute atomic E-state index is 10.9. The van der Waals surface area contributed by atoms with Crippen molar-refractivity contribution >= 4 is 90.5 Å². The third-order valence-corrected chi connectivity index (χ3v) is 32.4. The van der Waals surface area contributed by atoms with Gasteiger partial charge in [-0.1, -0.05) is 13.3 Å². The highest BCUT2D eigenvalue weighted by Crippen LogP contribution is 2.34. The SMILES string of the molecule is CCCCN1C(=O)C=CC1=O.C[Si](C)(C)O[Si](C)(C)O[Si](I)(O[Si](C)(C)O[Si](C)(C)C)O[Si](C)(C)O[Si](C)(C)C. The Morgan fingerprint density at radius 1 is 0.575 bits per heavy atom. The van der Waals surface area contributed by atoms with Crippen LogP contribution < -0.4 is 0 Å². The lowest BCUT2D eigenvalue weighted by Gasteiger charge is -2.43. The first-order chi connectivity index (χ1) is 17.5. The van der Waals surface area contributed by atoms with Crippen LogP contribution in [0.25, 0.3) is 0 Å². The van der Waals surface area contributed by atoms with Gasteiger partial charge in [0, 0.05) is 18.7 Å². The van der Waals surface area contributed by atoms with Crippen LogP contribution in [0.1, 0.15) is 19.8 Å². The van der Waals surface area contributed by atoms with Crippen molar-refractivity contribution in [1.82, 2.24) is 4.90 Å². The summed E-state index contributed by atoms with van der Waals surface area (Å²) in [4.78, 5) is 23.1. The number of carbonyl (C=O) groups excluding carboxylic acids is 2. The second-order valence-electron chi connectivity index (χ2n) is 14.1. The summed E-state index contributed by atoms with van der Waals surface area (Å²) in [5.74, 6) is -0.355. The molecular formula is C23H56INO8Si7. The molecule has 0 bridgehead atoms. The van der Waals surface area contributed by atoms with Crippen LogP contribution in [0.4, 0.5) is 0 Å². The second kappa shape index (κ2) is 15.3. The number of carbonyl (C=O) groups is 2. The Kier molecular flexibility index (Phi) is 15.6. The number of halogens is 1. The zero-order valence-electron chi connectivity index (χ0n) is 27.9. The van der Waals surface area contributed by atoms with Gasteiger partial charge in [0.25, 0.3) is 11.8 Å². The average molecular weight is 798 g/mol. The summed E-state index contributed by atoms with van der Waals surface area (Å²) in [5, 5.41) is 0. The monoisotopic (exact) mass is 797 g/mol. The van der Waals surface area contributed by atoms with Crippen molar-refractivity contribution < 1.29 is 34.3 Å². The van der Waals surface area contributed by atoms with Gasteiger partial charge in [-0.05, 0) is 126 Å². The topological polar surface area (TPSA) is 92.8 Å². The van der Waals surface area contributed by atoms with Gasteiger partial charge in [0.05, 0.1) is 0 Å². The Bertz CT molecular complexity index is 792. The Morgan fingerprint density at radius 3 is 1.07 bits per heavy atom. The van der Waals surface area contributed by atoms with Gasteiger partial charge in [-0.3, -0.25) is 14.5 Å². The van der Waals surface area contributed by atoms with Gasteiger partial charge in [-0.15, -0.1) is 0 Å². The molecular weight excluding hydrogens is 742 g/mol. The standard InChI is InChI=1S/C15H45IO6Si7.C8H11NO2/c1-23(2,3)17-26(10,11)20-29(16,21-27(12,13)18-24(4,5)6)22-28(14,15)19-25(7,8)9;1-2-3-6-9-7(10)4-5-8(9)11/h1-15H3;4-5H,2-3,6H2,1H3. The van der Waals surface area contributed by atoms with Crippen molar-refractivity contribution in [2.45, 2.75) is 118 Å². The zero-order chi connectivity index (χ0) is 32.0. The fraction of sp³-hybridized carbons (Fsp3) is 0.826. The number of hydrogen-bond acceptors (Lipinski definition) is 8. The van der Waals surface area contributed by atoms with Crippen LogP contribution in [0.3, 0.4) is 0 Å². The van der Waals surface area contributed by atoms with Crippen LogP contribution in [0.2, 0.25) is 98.2 Å². The fourth-order valence-electron chi connectivity index (χ4n) is 4.19. The van der Waals surface area contributed by atoms with Crippen molar-refractivity contribution in [3.05, 3.63) is 12.2 Å². The molecule has 1 heterocycles. The highest BCUT2D eigenvalue weighted by Gasteiger charge is 2.55. The van der Waals surface area contributed by atoms with E-state index in [4.69, 9.17) is 24.7 Å². The highest BCUT2D eigenvalue weighted by atomic mass is 127. The summed E-state index contributed by atoms with van der Waals surface area (Å²) in [6, 6.07) is 0. The minimum atomic E-state index is -3.11. The van der Waals surface area contributed by atoms with Crippen molar-refractivity contribution in [3.8, 4) is 0 Å². The molecule has 1 aliphatic heterocycles. The first-order valence-corrected chi connectivity index (χ1v) is 37.4. The van der Waals surface area contributed by atoms with Crippen LogP contribution in [-0.4, -0.2) is 80.2 Å². The van der Waals surface area contributed by atoms with E-state index < -0.39 is 56.9 Å². The molecule has 0 aromatic carbocycles. The molecule has 2 amide bonds. The molecule has 0 fully saturated rings. The van der Waals surface area contributed by atoms with Crippen LogP contribution >= 0.6 is 21.8 Å². The molecule has 0 spiro atoms. The van der Waals surface area contributed by atoms with Gasteiger partial charge in [0.2, 0.25) is 0 Å². The number of hydrogen-bond donors (Lipinski definition) is 0. The summed E-state index contributed by atoms with van der Waals surface area (Å²) >= 11 is 2.29. The van der Waals surface area contributed by atoms with E-state index in [9.17, 15) is 9.59 Å². The number of unbranched alkanes of at least 4 members (excludes halogenated alkanes) is 1. The van der Waals surface area contributed by atoms with Crippen LogP contribution in [0.15, 0.2) is 12.2 Å². The molecule has 0 radical (unpaired) electrons. The third-order valence-electron chi connectivity index (χ3n) is 4.39. The third kappa shape index (κ3) is 19.2. The van der Waals surface area contributed by atoms with Crippen molar-refractivity contribution in [2.75, 3.05) is 6.54 Å². The summed E-state index contributed by atoms with van der Waals surface area (Å²) in [7, 11) is -12.7. The first kappa shape index (κ1) is 40.9. The Labute approximate surface area is 264 Å². The normalized spacial score (nSPS) is 16.0. The zero-order valence-corrected chi connectivity index (χ0v) is 37.0. The van der Waals surface area contributed by atoms with Gasteiger partial charge in [0.15, 0.2) is 25.0 Å². The fourth-order valence-corrected chi connectivity index (χ4v) is 46.5. The van der Waals surface area contributed by atoms with Crippen LogP contribution in [0.5, 0.6) is 0 Å². The van der Waals surface area contributed by atoms with Gasteiger partial charge in [-0.25, -0.2) is 0 Å². The predicted molar refractivity (Wildman–Crippen MR) is 190 cm³/mol. The predicted octanol–water partition coefficient (Wildman–Crippen LogP) is 7.28. The smallest absolute Gasteiger partial charge is 0.437 e. The molecule has 236 valence electrons. The van der Waals surface area contributed by atoms with Crippen LogP contribution in [-0.2, 0) is 34.3 Å². The lowest BCUT2D eigenvalue weighted by atomic mass is 10.3. The molecule has 0 saturated carbocycles. The number of imide groups is 1. The van der Waals surface area contributed by atoms with E-state index in [1.165, 1.54) is 17.1 Å². The Morgan fingerprint density at radius 2 is 0.850 bits per heavy atom.